The first-order chi connectivity index (χ1) is 9.09. The Kier molecular flexibility index (Phi) is 2.41. The van der Waals surface area contributed by atoms with Crippen LogP contribution in [-0.4, -0.2) is 30.7 Å². The van der Waals surface area contributed by atoms with E-state index in [9.17, 15) is 14.7 Å². The number of aromatic hydroxyl groups is 1. The molecule has 3 heterocycles. The second-order valence-corrected chi connectivity index (χ2v) is 4.41. The highest BCUT2D eigenvalue weighted by Crippen LogP contribution is 2.32. The van der Waals surface area contributed by atoms with Crippen molar-refractivity contribution in [2.45, 2.75) is 19.4 Å². The smallest absolute Gasteiger partial charge is 0.345 e. The van der Waals surface area contributed by atoms with Crippen molar-refractivity contribution in [1.82, 2.24) is 14.5 Å². The van der Waals surface area contributed by atoms with Crippen LogP contribution in [0.2, 0.25) is 0 Å². The van der Waals surface area contributed by atoms with Crippen LogP contribution in [0.5, 0.6) is 5.75 Å². The normalized spacial score (nSPS) is 13.5. The lowest BCUT2D eigenvalue weighted by Crippen LogP contribution is -2.20. The molecule has 2 aromatic heterocycles. The molecule has 0 unspecified atom stereocenters. The summed E-state index contributed by atoms with van der Waals surface area (Å²) >= 11 is 0. The Labute approximate surface area is 107 Å². The number of aromatic amines is 1. The summed E-state index contributed by atoms with van der Waals surface area (Å²) in [6.07, 6.45) is 4.46. The van der Waals surface area contributed by atoms with Gasteiger partial charge in [0.2, 0.25) is 0 Å². The maximum absolute atomic E-state index is 11.8. The molecular formula is C12H11N3O4. The Hall–Kier alpha value is -2.57. The zero-order valence-corrected chi connectivity index (χ0v) is 9.88. The molecule has 0 aliphatic carbocycles. The molecule has 19 heavy (non-hydrogen) atoms. The highest BCUT2D eigenvalue weighted by Gasteiger charge is 2.25. The summed E-state index contributed by atoms with van der Waals surface area (Å²) in [4.78, 5) is 29.3. The van der Waals surface area contributed by atoms with Gasteiger partial charge in [-0.15, -0.1) is 0 Å². The van der Waals surface area contributed by atoms with Gasteiger partial charge >= 0.3 is 5.97 Å². The number of imidazole rings is 1. The molecule has 7 nitrogen and oxygen atoms in total. The molecule has 0 spiro atoms. The van der Waals surface area contributed by atoms with Crippen molar-refractivity contribution in [3.63, 3.8) is 0 Å². The molecule has 1 aliphatic rings. The average molecular weight is 261 g/mol. The number of carboxylic acid groups (broad SMARTS) is 1. The molecule has 0 amide bonds. The van der Waals surface area contributed by atoms with E-state index in [1.807, 2.05) is 4.57 Å². The number of carboxylic acids is 1. The lowest BCUT2D eigenvalue weighted by atomic mass is 10.0. The van der Waals surface area contributed by atoms with E-state index in [4.69, 9.17) is 5.11 Å². The summed E-state index contributed by atoms with van der Waals surface area (Å²) < 4.78 is 1.86. The number of aromatic nitrogens is 3. The molecule has 0 fully saturated rings. The van der Waals surface area contributed by atoms with Gasteiger partial charge in [-0.2, -0.15) is 0 Å². The minimum Gasteiger partial charge on any atom is -0.506 e. The van der Waals surface area contributed by atoms with Crippen molar-refractivity contribution >= 4 is 5.97 Å². The largest absolute Gasteiger partial charge is 0.506 e. The van der Waals surface area contributed by atoms with Crippen LogP contribution in [0.4, 0.5) is 0 Å². The average Bonchev–Trinajstić information content (AvgIpc) is 2.73. The van der Waals surface area contributed by atoms with Crippen molar-refractivity contribution in [1.29, 1.82) is 0 Å². The highest BCUT2D eigenvalue weighted by molar-refractivity contribution is 5.91. The SMILES string of the molecule is O=C(O)c1c(O)c2c([nH]c1=O)-c1cncn1CCC2. The fraction of sp³-hybridized carbons (Fsp3) is 0.250. The summed E-state index contributed by atoms with van der Waals surface area (Å²) in [7, 11) is 0. The van der Waals surface area contributed by atoms with E-state index < -0.39 is 22.8 Å². The maximum Gasteiger partial charge on any atom is 0.345 e. The molecule has 0 saturated heterocycles. The Morgan fingerprint density at radius 2 is 2.26 bits per heavy atom. The number of rotatable bonds is 1. The predicted molar refractivity (Wildman–Crippen MR) is 65.2 cm³/mol. The minimum atomic E-state index is -1.43. The molecule has 1 aliphatic heterocycles. The summed E-state index contributed by atoms with van der Waals surface area (Å²) in [6, 6.07) is 0. The van der Waals surface area contributed by atoms with Gasteiger partial charge in [-0.3, -0.25) is 4.79 Å². The van der Waals surface area contributed by atoms with Crippen molar-refractivity contribution in [3.05, 3.63) is 34.0 Å². The van der Waals surface area contributed by atoms with Crippen LogP contribution in [0.15, 0.2) is 17.3 Å². The summed E-state index contributed by atoms with van der Waals surface area (Å²) in [5, 5.41) is 19.0. The van der Waals surface area contributed by atoms with E-state index >= 15 is 0 Å². The number of hydrogen-bond donors (Lipinski definition) is 3. The van der Waals surface area contributed by atoms with Gasteiger partial charge in [-0.1, -0.05) is 0 Å². The molecule has 0 aromatic carbocycles. The zero-order chi connectivity index (χ0) is 13.6. The molecule has 0 atom stereocenters. The van der Waals surface area contributed by atoms with Gasteiger partial charge < -0.3 is 19.8 Å². The number of nitrogens with one attached hydrogen (secondary N) is 1. The Bertz CT molecular complexity index is 729. The summed E-state index contributed by atoms with van der Waals surface area (Å²) in [6.45, 7) is 0.702. The van der Waals surface area contributed by atoms with Crippen LogP contribution in [0.3, 0.4) is 0 Å². The molecule has 3 rings (SSSR count). The molecule has 2 aromatic rings. The fourth-order valence-corrected chi connectivity index (χ4v) is 2.42. The number of hydrogen-bond acceptors (Lipinski definition) is 4. The molecule has 0 bridgehead atoms. The van der Waals surface area contributed by atoms with Gasteiger partial charge in [0.25, 0.3) is 5.56 Å². The van der Waals surface area contributed by atoms with E-state index in [-0.39, 0.29) is 0 Å². The first kappa shape index (κ1) is 11.5. The van der Waals surface area contributed by atoms with E-state index in [2.05, 4.69) is 9.97 Å². The minimum absolute atomic E-state index is 0.444. The van der Waals surface area contributed by atoms with Gasteiger partial charge in [0.1, 0.15) is 5.75 Å². The third-order valence-corrected chi connectivity index (χ3v) is 3.30. The van der Waals surface area contributed by atoms with Gasteiger partial charge in [-0.25, -0.2) is 9.78 Å². The van der Waals surface area contributed by atoms with E-state index in [0.29, 0.717) is 29.9 Å². The Balaban J connectivity index is 2.36. The van der Waals surface area contributed by atoms with E-state index in [1.54, 1.807) is 12.5 Å². The van der Waals surface area contributed by atoms with Gasteiger partial charge in [0, 0.05) is 12.1 Å². The molecule has 0 radical (unpaired) electrons. The van der Waals surface area contributed by atoms with Crippen molar-refractivity contribution in [2.24, 2.45) is 0 Å². The Morgan fingerprint density at radius 3 is 3.00 bits per heavy atom. The van der Waals surface area contributed by atoms with Crippen LogP contribution < -0.4 is 5.56 Å². The van der Waals surface area contributed by atoms with Crippen LogP contribution in [-0.2, 0) is 13.0 Å². The number of H-pyrrole nitrogens is 1. The van der Waals surface area contributed by atoms with Crippen LogP contribution >= 0.6 is 0 Å². The number of aromatic carboxylic acids is 1. The number of fused-ring (bicyclic) bond motifs is 3. The quantitative estimate of drug-likeness (QED) is 0.696. The number of aryl methyl sites for hydroxylation is 1. The van der Waals surface area contributed by atoms with Gasteiger partial charge in [0.05, 0.1) is 23.9 Å². The van der Waals surface area contributed by atoms with E-state index in [1.165, 1.54) is 0 Å². The zero-order valence-electron chi connectivity index (χ0n) is 9.88. The van der Waals surface area contributed by atoms with Crippen LogP contribution in [0.25, 0.3) is 11.4 Å². The molecule has 3 N–H and O–H groups in total. The first-order valence-corrected chi connectivity index (χ1v) is 5.81. The third-order valence-electron chi connectivity index (χ3n) is 3.30. The lowest BCUT2D eigenvalue weighted by Gasteiger charge is -2.10. The van der Waals surface area contributed by atoms with Crippen LogP contribution in [0, 0.1) is 0 Å². The standard InChI is InChI=1S/C12H11N3O4/c16-10-6-2-1-3-15-5-13-4-7(15)9(6)14-11(17)8(10)12(18)19/h4-5H,1-3H2,(H,18,19)(H2,14,16,17). The molecule has 0 saturated carbocycles. The number of carbonyl (C=O) groups is 1. The van der Waals surface area contributed by atoms with E-state index in [0.717, 1.165) is 6.42 Å². The van der Waals surface area contributed by atoms with Gasteiger partial charge in [-0.05, 0) is 12.8 Å². The molecule has 98 valence electrons. The van der Waals surface area contributed by atoms with Gasteiger partial charge in [0.15, 0.2) is 5.56 Å². The van der Waals surface area contributed by atoms with Crippen molar-refractivity contribution < 1.29 is 15.0 Å². The van der Waals surface area contributed by atoms with Crippen molar-refractivity contribution in [3.8, 4) is 17.1 Å². The maximum atomic E-state index is 11.8. The lowest BCUT2D eigenvalue weighted by molar-refractivity contribution is 0.0691. The summed E-state index contributed by atoms with van der Waals surface area (Å²) in [5.74, 6) is -1.87. The second kappa shape index (κ2) is 3.98. The summed E-state index contributed by atoms with van der Waals surface area (Å²) in [5.41, 5.74) is 0.167. The predicted octanol–water partition coefficient (Wildman–Crippen LogP) is 0.588. The molecular weight excluding hydrogens is 250 g/mol. The first-order valence-electron chi connectivity index (χ1n) is 5.81. The fourth-order valence-electron chi connectivity index (χ4n) is 2.42. The number of nitrogens with zero attached hydrogens (tertiary/aromatic N) is 2. The number of pyridine rings is 1. The van der Waals surface area contributed by atoms with Crippen LogP contribution in [0.1, 0.15) is 22.3 Å². The Morgan fingerprint density at radius 1 is 1.47 bits per heavy atom. The van der Waals surface area contributed by atoms with Crippen molar-refractivity contribution in [2.75, 3.05) is 0 Å². The highest BCUT2D eigenvalue weighted by atomic mass is 16.4. The monoisotopic (exact) mass is 261 g/mol. The topological polar surface area (TPSA) is 108 Å². The molecule has 7 heteroatoms. The second-order valence-electron chi connectivity index (χ2n) is 4.41. The third kappa shape index (κ3) is 1.62.